The van der Waals surface area contributed by atoms with Crippen LogP contribution in [0, 0.1) is 16.0 Å². The lowest BCUT2D eigenvalue weighted by Gasteiger charge is -2.19. The first-order valence-corrected chi connectivity index (χ1v) is 6.91. The molecule has 2 heterocycles. The zero-order valence-corrected chi connectivity index (χ0v) is 11.0. The molecule has 2 saturated heterocycles. The van der Waals surface area contributed by atoms with Crippen LogP contribution in [0.5, 0.6) is 0 Å². The summed E-state index contributed by atoms with van der Waals surface area (Å²) >= 11 is 0. The second-order valence-corrected chi connectivity index (χ2v) is 5.49. The molecule has 106 valence electrons. The van der Waals surface area contributed by atoms with Gasteiger partial charge in [0.1, 0.15) is 0 Å². The predicted molar refractivity (Wildman–Crippen MR) is 73.0 cm³/mol. The van der Waals surface area contributed by atoms with Crippen molar-refractivity contribution in [1.29, 1.82) is 0 Å². The summed E-state index contributed by atoms with van der Waals surface area (Å²) in [5.41, 5.74) is 0.598. The summed E-state index contributed by atoms with van der Waals surface area (Å²) in [5.74, 6) is 0.0133. The first-order valence-electron chi connectivity index (χ1n) is 6.91. The molecule has 2 N–H and O–H groups in total. The Morgan fingerprint density at radius 3 is 2.85 bits per heavy atom. The number of hydrogen-bond donors (Lipinski definition) is 2. The minimum absolute atomic E-state index is 0.00264. The maximum absolute atomic E-state index is 12.2. The van der Waals surface area contributed by atoms with Crippen molar-refractivity contribution in [3.05, 3.63) is 39.9 Å². The average molecular weight is 275 g/mol. The van der Waals surface area contributed by atoms with Crippen LogP contribution in [0.4, 0.5) is 5.69 Å². The summed E-state index contributed by atoms with van der Waals surface area (Å²) in [5, 5.41) is 17.2. The normalized spacial score (nSPS) is 27.5. The summed E-state index contributed by atoms with van der Waals surface area (Å²) < 4.78 is 0. The van der Waals surface area contributed by atoms with Crippen molar-refractivity contribution in [3.8, 4) is 0 Å². The highest BCUT2D eigenvalue weighted by Crippen LogP contribution is 2.33. The molecule has 0 aliphatic carbocycles. The smallest absolute Gasteiger partial charge is 0.274 e. The molecule has 0 spiro atoms. The molecule has 1 aromatic carbocycles. The first-order chi connectivity index (χ1) is 9.65. The minimum atomic E-state index is -0.416. The van der Waals surface area contributed by atoms with Gasteiger partial charge in [-0.15, -0.1) is 0 Å². The number of amides is 1. The molecule has 3 rings (SSSR count). The lowest BCUT2D eigenvalue weighted by atomic mass is 9.88. The monoisotopic (exact) mass is 275 g/mol. The van der Waals surface area contributed by atoms with Gasteiger partial charge in [-0.25, -0.2) is 0 Å². The fraction of sp³-hybridized carbons (Fsp3) is 0.500. The van der Waals surface area contributed by atoms with E-state index in [9.17, 15) is 14.9 Å². The van der Waals surface area contributed by atoms with Gasteiger partial charge in [0.25, 0.3) is 5.69 Å². The van der Waals surface area contributed by atoms with Crippen LogP contribution in [-0.4, -0.2) is 22.9 Å². The Morgan fingerprint density at radius 2 is 2.20 bits per heavy atom. The van der Waals surface area contributed by atoms with Gasteiger partial charge in [-0.05, 0) is 19.3 Å². The number of carbonyl (C=O) groups excluding carboxylic acids is 1. The number of carbonyl (C=O) groups is 1. The average Bonchev–Trinajstić information content (AvgIpc) is 3.07. The maximum Gasteiger partial charge on any atom is 0.274 e. The van der Waals surface area contributed by atoms with Crippen LogP contribution in [0.1, 0.15) is 24.8 Å². The van der Waals surface area contributed by atoms with E-state index in [1.807, 2.05) is 0 Å². The molecule has 2 aliphatic rings. The largest absolute Gasteiger partial charge is 0.351 e. The molecule has 2 aliphatic heterocycles. The van der Waals surface area contributed by atoms with E-state index in [-0.39, 0.29) is 30.1 Å². The van der Waals surface area contributed by atoms with Gasteiger partial charge in [-0.2, -0.15) is 0 Å². The third kappa shape index (κ3) is 2.38. The predicted octanol–water partition coefficient (Wildman–Crippen LogP) is 1.35. The van der Waals surface area contributed by atoms with Crippen LogP contribution in [0.3, 0.4) is 0 Å². The number of rotatable bonds is 4. The summed E-state index contributed by atoms with van der Waals surface area (Å²) in [6, 6.07) is 7.27. The number of benzene rings is 1. The van der Waals surface area contributed by atoms with Gasteiger partial charge in [-0.1, -0.05) is 18.2 Å². The summed E-state index contributed by atoms with van der Waals surface area (Å²) in [4.78, 5) is 22.7. The molecule has 1 amide bonds. The summed E-state index contributed by atoms with van der Waals surface area (Å²) in [6.07, 6.45) is 3.08. The zero-order valence-electron chi connectivity index (χ0n) is 11.0. The Hall–Kier alpha value is -1.95. The molecule has 1 aromatic rings. The van der Waals surface area contributed by atoms with Crippen LogP contribution >= 0.6 is 0 Å². The van der Waals surface area contributed by atoms with E-state index < -0.39 is 4.92 Å². The Kier molecular flexibility index (Phi) is 3.40. The van der Waals surface area contributed by atoms with Crippen molar-refractivity contribution in [3.63, 3.8) is 0 Å². The molecule has 20 heavy (non-hydrogen) atoms. The number of nitrogens with zero attached hydrogens (tertiary/aromatic N) is 1. The van der Waals surface area contributed by atoms with E-state index in [0.29, 0.717) is 11.6 Å². The third-order valence-corrected chi connectivity index (χ3v) is 4.28. The number of para-hydroxylation sites is 1. The van der Waals surface area contributed by atoms with E-state index in [1.165, 1.54) is 6.07 Å². The zero-order chi connectivity index (χ0) is 14.1. The maximum atomic E-state index is 12.2. The molecule has 3 unspecified atom stereocenters. The molecule has 6 nitrogen and oxygen atoms in total. The number of hydrogen-bond acceptors (Lipinski definition) is 4. The molecule has 6 heteroatoms. The molecule has 0 saturated carbocycles. The van der Waals surface area contributed by atoms with E-state index in [2.05, 4.69) is 10.6 Å². The van der Waals surface area contributed by atoms with Crippen LogP contribution in [0.25, 0.3) is 0 Å². The minimum Gasteiger partial charge on any atom is -0.351 e. The van der Waals surface area contributed by atoms with E-state index in [0.717, 1.165) is 19.3 Å². The van der Waals surface area contributed by atoms with Crippen molar-refractivity contribution < 1.29 is 9.72 Å². The molecule has 0 aromatic heterocycles. The van der Waals surface area contributed by atoms with Crippen LogP contribution in [-0.2, 0) is 11.3 Å². The fourth-order valence-electron chi connectivity index (χ4n) is 3.27. The highest BCUT2D eigenvalue weighted by Gasteiger charge is 2.42. The second-order valence-electron chi connectivity index (χ2n) is 5.49. The Balaban J connectivity index is 1.62. The topological polar surface area (TPSA) is 84.3 Å². The van der Waals surface area contributed by atoms with E-state index >= 15 is 0 Å². The van der Waals surface area contributed by atoms with Gasteiger partial charge < -0.3 is 10.6 Å². The third-order valence-electron chi connectivity index (χ3n) is 4.28. The molecule has 3 atom stereocenters. The van der Waals surface area contributed by atoms with Crippen LogP contribution in [0.2, 0.25) is 0 Å². The first kappa shape index (κ1) is 13.1. The van der Waals surface area contributed by atoms with E-state index in [4.69, 9.17) is 0 Å². The summed E-state index contributed by atoms with van der Waals surface area (Å²) in [7, 11) is 0. The number of nitro groups is 1. The number of nitrogens with one attached hydrogen (secondary N) is 2. The Labute approximate surface area is 116 Å². The second kappa shape index (κ2) is 5.20. The lowest BCUT2D eigenvalue weighted by molar-refractivity contribution is -0.385. The fourth-order valence-corrected chi connectivity index (χ4v) is 3.27. The van der Waals surface area contributed by atoms with Crippen molar-refractivity contribution in [2.75, 3.05) is 0 Å². The quantitative estimate of drug-likeness (QED) is 0.641. The van der Waals surface area contributed by atoms with Gasteiger partial charge in [0, 0.05) is 30.3 Å². The molecular formula is C14H17N3O3. The Morgan fingerprint density at radius 1 is 1.40 bits per heavy atom. The SMILES string of the molecule is O=C(NCc1ccccc1[N+](=O)[O-])C1CC2CCC1N2. The highest BCUT2D eigenvalue weighted by molar-refractivity contribution is 5.80. The standard InChI is InChI=1S/C14H17N3O3/c18-14(11-7-10-5-6-12(11)16-10)15-8-9-3-1-2-4-13(9)17(19)20/h1-4,10-12,16H,5-8H2,(H,15,18). The van der Waals surface area contributed by atoms with Crippen molar-refractivity contribution in [2.24, 2.45) is 5.92 Å². The number of fused-ring (bicyclic) bond motifs is 2. The molecule has 0 radical (unpaired) electrons. The molecular weight excluding hydrogens is 258 g/mol. The van der Waals surface area contributed by atoms with E-state index in [1.54, 1.807) is 18.2 Å². The summed E-state index contributed by atoms with van der Waals surface area (Å²) in [6.45, 7) is 0.212. The molecule has 2 fully saturated rings. The lowest BCUT2D eigenvalue weighted by Crippen LogP contribution is -2.37. The van der Waals surface area contributed by atoms with Gasteiger partial charge >= 0.3 is 0 Å². The van der Waals surface area contributed by atoms with Crippen LogP contribution < -0.4 is 10.6 Å². The van der Waals surface area contributed by atoms with Crippen molar-refractivity contribution in [2.45, 2.75) is 37.9 Å². The highest BCUT2D eigenvalue weighted by atomic mass is 16.6. The Bertz CT molecular complexity index is 546. The number of nitro benzene ring substituents is 1. The van der Waals surface area contributed by atoms with Gasteiger partial charge in [0.05, 0.1) is 10.8 Å². The van der Waals surface area contributed by atoms with Gasteiger partial charge in [0.2, 0.25) is 5.91 Å². The van der Waals surface area contributed by atoms with Crippen molar-refractivity contribution in [1.82, 2.24) is 10.6 Å². The molecule has 2 bridgehead atoms. The van der Waals surface area contributed by atoms with Gasteiger partial charge in [0.15, 0.2) is 0 Å². The van der Waals surface area contributed by atoms with Gasteiger partial charge in [-0.3, -0.25) is 14.9 Å². The van der Waals surface area contributed by atoms with Crippen LogP contribution in [0.15, 0.2) is 24.3 Å². The van der Waals surface area contributed by atoms with Crippen molar-refractivity contribution >= 4 is 11.6 Å².